The summed E-state index contributed by atoms with van der Waals surface area (Å²) in [6, 6.07) is 2.04. The Kier molecular flexibility index (Phi) is 2.55. The van der Waals surface area contributed by atoms with Crippen LogP contribution >= 0.6 is 11.3 Å². The molecule has 0 spiro atoms. The molecule has 4 nitrogen and oxygen atoms in total. The van der Waals surface area contributed by atoms with Crippen molar-refractivity contribution in [1.29, 1.82) is 0 Å². The number of carboxylic acids is 1. The molecule has 0 aromatic carbocycles. The minimum Gasteiger partial charge on any atom is -0.478 e. The first-order chi connectivity index (χ1) is 7.16. The fourth-order valence-electron chi connectivity index (χ4n) is 1.27. The molecule has 78 valence electrons. The van der Waals surface area contributed by atoms with Gasteiger partial charge < -0.3 is 5.11 Å². The highest BCUT2D eigenvalue weighted by molar-refractivity contribution is 7.10. The van der Waals surface area contributed by atoms with Crippen molar-refractivity contribution in [3.8, 4) is 0 Å². The second-order valence-corrected chi connectivity index (χ2v) is 4.26. The third kappa shape index (κ3) is 2.07. The smallest absolute Gasteiger partial charge is 0.338 e. The molecule has 0 atom stereocenters. The van der Waals surface area contributed by atoms with E-state index >= 15 is 0 Å². The lowest BCUT2D eigenvalue weighted by Crippen LogP contribution is -1.99. The largest absolute Gasteiger partial charge is 0.478 e. The van der Waals surface area contributed by atoms with Crippen molar-refractivity contribution in [2.45, 2.75) is 13.5 Å². The number of aromatic nitrogens is 2. The van der Waals surface area contributed by atoms with Crippen molar-refractivity contribution < 1.29 is 9.90 Å². The molecule has 2 rings (SSSR count). The van der Waals surface area contributed by atoms with Gasteiger partial charge in [0.2, 0.25) is 0 Å². The van der Waals surface area contributed by atoms with Crippen LogP contribution in [0, 0.1) is 6.92 Å². The van der Waals surface area contributed by atoms with Crippen LogP contribution in [0.25, 0.3) is 0 Å². The van der Waals surface area contributed by atoms with E-state index in [9.17, 15) is 4.79 Å². The molecule has 0 bridgehead atoms. The van der Waals surface area contributed by atoms with Gasteiger partial charge in [0.1, 0.15) is 0 Å². The number of aryl methyl sites for hydroxylation is 1. The Balaban J connectivity index is 2.18. The molecular weight excluding hydrogens is 212 g/mol. The monoisotopic (exact) mass is 222 g/mol. The maximum atomic E-state index is 10.6. The van der Waals surface area contributed by atoms with Gasteiger partial charge in [0.15, 0.2) is 0 Å². The van der Waals surface area contributed by atoms with E-state index in [-0.39, 0.29) is 5.56 Å². The molecular formula is C10H10N2O2S. The molecule has 15 heavy (non-hydrogen) atoms. The average Bonchev–Trinajstić information content (AvgIpc) is 2.77. The molecule has 0 aliphatic carbocycles. The molecule has 0 saturated heterocycles. The van der Waals surface area contributed by atoms with Crippen LogP contribution in [0.4, 0.5) is 0 Å². The number of thiophene rings is 1. The minimum atomic E-state index is -0.941. The van der Waals surface area contributed by atoms with E-state index in [2.05, 4.69) is 5.10 Å². The zero-order valence-corrected chi connectivity index (χ0v) is 8.99. The molecule has 2 aromatic rings. The molecule has 0 unspecified atom stereocenters. The first-order valence-corrected chi connectivity index (χ1v) is 5.33. The highest BCUT2D eigenvalue weighted by atomic mass is 32.1. The van der Waals surface area contributed by atoms with Crippen LogP contribution < -0.4 is 0 Å². The third-order valence-electron chi connectivity index (χ3n) is 2.15. The van der Waals surface area contributed by atoms with E-state index < -0.39 is 5.97 Å². The van der Waals surface area contributed by atoms with Crippen molar-refractivity contribution in [1.82, 2.24) is 9.78 Å². The molecule has 0 aliphatic heterocycles. The molecule has 0 saturated carbocycles. The summed E-state index contributed by atoms with van der Waals surface area (Å²) >= 11 is 1.65. The first kappa shape index (κ1) is 9.92. The van der Waals surface area contributed by atoms with E-state index in [1.165, 1.54) is 16.6 Å². The molecule has 0 aliphatic rings. The van der Waals surface area contributed by atoms with Crippen LogP contribution in [0.1, 0.15) is 20.8 Å². The van der Waals surface area contributed by atoms with Gasteiger partial charge in [0, 0.05) is 11.1 Å². The summed E-state index contributed by atoms with van der Waals surface area (Å²) in [5.41, 5.74) is 1.44. The molecule has 0 radical (unpaired) electrons. The van der Waals surface area contributed by atoms with E-state index in [0.29, 0.717) is 6.54 Å². The molecule has 1 N–H and O–H groups in total. The molecule has 0 amide bonds. The van der Waals surface area contributed by atoms with Crippen molar-refractivity contribution in [2.75, 3.05) is 0 Å². The van der Waals surface area contributed by atoms with Gasteiger partial charge in [-0.25, -0.2) is 4.79 Å². The van der Waals surface area contributed by atoms with Crippen LogP contribution in [0.5, 0.6) is 0 Å². The second kappa shape index (κ2) is 3.86. The predicted molar refractivity (Wildman–Crippen MR) is 57.3 cm³/mol. The van der Waals surface area contributed by atoms with Gasteiger partial charge in [-0.1, -0.05) is 0 Å². The Hall–Kier alpha value is -1.62. The Morgan fingerprint density at radius 3 is 3.00 bits per heavy atom. The van der Waals surface area contributed by atoms with Gasteiger partial charge in [0.05, 0.1) is 18.3 Å². The van der Waals surface area contributed by atoms with Crippen LogP contribution in [0.3, 0.4) is 0 Å². The summed E-state index contributed by atoms with van der Waals surface area (Å²) in [7, 11) is 0. The van der Waals surface area contributed by atoms with E-state index in [1.54, 1.807) is 22.2 Å². The van der Waals surface area contributed by atoms with Crippen LogP contribution in [-0.4, -0.2) is 20.9 Å². The minimum absolute atomic E-state index is 0.226. The number of hydrogen-bond donors (Lipinski definition) is 1. The topological polar surface area (TPSA) is 55.1 Å². The summed E-state index contributed by atoms with van der Waals surface area (Å²) < 4.78 is 1.64. The number of hydrogen-bond acceptors (Lipinski definition) is 3. The summed E-state index contributed by atoms with van der Waals surface area (Å²) in [6.07, 6.45) is 2.91. The number of carboxylic acid groups (broad SMARTS) is 1. The number of aromatic carboxylic acids is 1. The third-order valence-corrected chi connectivity index (χ3v) is 3.16. The highest BCUT2D eigenvalue weighted by Gasteiger charge is 2.07. The Morgan fingerprint density at radius 1 is 1.67 bits per heavy atom. The molecule has 2 heterocycles. The lowest BCUT2D eigenvalue weighted by Gasteiger charge is -1.99. The van der Waals surface area contributed by atoms with Gasteiger partial charge >= 0.3 is 5.97 Å². The number of carbonyl (C=O) groups is 1. The Labute approximate surface area is 90.8 Å². The maximum Gasteiger partial charge on any atom is 0.338 e. The van der Waals surface area contributed by atoms with Gasteiger partial charge in [0.25, 0.3) is 0 Å². The number of nitrogens with zero attached hydrogens (tertiary/aromatic N) is 2. The van der Waals surface area contributed by atoms with Crippen molar-refractivity contribution in [2.24, 2.45) is 0 Å². The van der Waals surface area contributed by atoms with E-state index in [4.69, 9.17) is 5.11 Å². The predicted octanol–water partition coefficient (Wildman–Crippen LogP) is 2.00. The molecule has 5 heteroatoms. The van der Waals surface area contributed by atoms with Gasteiger partial charge in [-0.15, -0.1) is 11.3 Å². The fraction of sp³-hybridized carbons (Fsp3) is 0.200. The second-order valence-electron chi connectivity index (χ2n) is 3.26. The standard InChI is InChI=1S/C10H10N2O2S/c1-7-2-3-15-9(7)6-12-5-8(4-11-12)10(13)14/h2-5H,6H2,1H3,(H,13,14). The maximum absolute atomic E-state index is 10.6. The van der Waals surface area contributed by atoms with Crippen molar-refractivity contribution in [3.63, 3.8) is 0 Å². The summed E-state index contributed by atoms with van der Waals surface area (Å²) in [5.74, 6) is -0.941. The lowest BCUT2D eigenvalue weighted by atomic mass is 10.3. The Morgan fingerprint density at radius 2 is 2.47 bits per heavy atom. The fourth-order valence-corrected chi connectivity index (χ4v) is 2.17. The zero-order valence-electron chi connectivity index (χ0n) is 8.17. The molecule has 0 fully saturated rings. The average molecular weight is 222 g/mol. The van der Waals surface area contributed by atoms with E-state index in [0.717, 1.165) is 0 Å². The van der Waals surface area contributed by atoms with Crippen LogP contribution in [0.15, 0.2) is 23.8 Å². The first-order valence-electron chi connectivity index (χ1n) is 4.45. The lowest BCUT2D eigenvalue weighted by molar-refractivity contribution is 0.0697. The summed E-state index contributed by atoms with van der Waals surface area (Å²) in [6.45, 7) is 2.67. The highest BCUT2D eigenvalue weighted by Crippen LogP contribution is 2.16. The zero-order chi connectivity index (χ0) is 10.8. The Bertz CT molecular complexity index is 487. The quantitative estimate of drug-likeness (QED) is 0.864. The van der Waals surface area contributed by atoms with Crippen molar-refractivity contribution >= 4 is 17.3 Å². The normalized spacial score (nSPS) is 10.5. The SMILES string of the molecule is Cc1ccsc1Cn1cc(C(=O)O)cn1. The van der Waals surface area contributed by atoms with Crippen LogP contribution in [0.2, 0.25) is 0 Å². The summed E-state index contributed by atoms with van der Waals surface area (Å²) in [4.78, 5) is 11.8. The van der Waals surface area contributed by atoms with Gasteiger partial charge in [-0.05, 0) is 23.9 Å². The van der Waals surface area contributed by atoms with Gasteiger partial charge in [-0.3, -0.25) is 4.68 Å². The molecule has 2 aromatic heterocycles. The van der Waals surface area contributed by atoms with Gasteiger partial charge in [-0.2, -0.15) is 5.10 Å². The van der Waals surface area contributed by atoms with Crippen molar-refractivity contribution in [3.05, 3.63) is 39.8 Å². The summed E-state index contributed by atoms with van der Waals surface area (Å²) in [5, 5.41) is 14.7. The van der Waals surface area contributed by atoms with Crippen LogP contribution in [-0.2, 0) is 6.54 Å². The van der Waals surface area contributed by atoms with E-state index in [1.807, 2.05) is 18.4 Å². The number of rotatable bonds is 3.